The van der Waals surface area contributed by atoms with Crippen LogP contribution >= 0.6 is 0 Å². The molecule has 2 atom stereocenters. The second-order valence-electron chi connectivity index (χ2n) is 6.58. The number of halogens is 5. The second kappa shape index (κ2) is 8.39. The first-order valence-electron chi connectivity index (χ1n) is 8.17. The van der Waals surface area contributed by atoms with Gasteiger partial charge in [-0.2, -0.15) is 17.6 Å². The molecule has 2 unspecified atom stereocenters. The standard InChI is InChI=1S/C17H20F5NO4/c1-16(25,17(22)5-6-17)8-13(24)23-12(9-26-14(18)19)10-3-2-4-11(7-10)27-15(20)21/h2-4,7,12,14-15,25H,5-6,8-9H2,1H3,(H,23,24). The lowest BCUT2D eigenvalue weighted by Crippen LogP contribution is -2.44. The van der Waals surface area contributed by atoms with Crippen LogP contribution in [0.4, 0.5) is 22.0 Å². The summed E-state index contributed by atoms with van der Waals surface area (Å²) in [6.45, 7) is -5.68. The molecule has 1 aromatic rings. The van der Waals surface area contributed by atoms with Crippen molar-refractivity contribution in [3.05, 3.63) is 29.8 Å². The molecular weight excluding hydrogens is 377 g/mol. The molecule has 2 rings (SSSR count). The summed E-state index contributed by atoms with van der Waals surface area (Å²) < 4.78 is 72.0. The molecule has 152 valence electrons. The van der Waals surface area contributed by atoms with Crippen molar-refractivity contribution in [1.29, 1.82) is 0 Å². The summed E-state index contributed by atoms with van der Waals surface area (Å²) in [5.41, 5.74) is -3.60. The summed E-state index contributed by atoms with van der Waals surface area (Å²) in [6.07, 6.45) is -0.349. The van der Waals surface area contributed by atoms with E-state index in [2.05, 4.69) is 14.8 Å². The number of rotatable bonds is 10. The second-order valence-corrected chi connectivity index (χ2v) is 6.58. The van der Waals surface area contributed by atoms with Crippen molar-refractivity contribution in [1.82, 2.24) is 5.32 Å². The van der Waals surface area contributed by atoms with E-state index >= 15 is 0 Å². The smallest absolute Gasteiger partial charge is 0.387 e. The highest BCUT2D eigenvalue weighted by Gasteiger charge is 2.58. The average Bonchev–Trinajstić information content (AvgIpc) is 3.30. The van der Waals surface area contributed by atoms with Crippen LogP contribution in [0, 0.1) is 0 Å². The Bertz CT molecular complexity index is 652. The van der Waals surface area contributed by atoms with Crippen LogP contribution in [0.25, 0.3) is 0 Å². The molecule has 1 saturated carbocycles. The van der Waals surface area contributed by atoms with E-state index in [1.165, 1.54) is 25.1 Å². The molecule has 0 heterocycles. The molecule has 1 aliphatic rings. The Kier molecular flexibility index (Phi) is 6.63. The molecule has 0 bridgehead atoms. The molecule has 10 heteroatoms. The zero-order chi connectivity index (χ0) is 20.2. The molecule has 0 radical (unpaired) electrons. The molecule has 1 fully saturated rings. The van der Waals surface area contributed by atoms with Gasteiger partial charge in [0, 0.05) is 0 Å². The molecule has 1 aliphatic carbocycles. The van der Waals surface area contributed by atoms with Crippen molar-refractivity contribution in [3.8, 4) is 5.75 Å². The van der Waals surface area contributed by atoms with E-state index in [0.717, 1.165) is 6.07 Å². The number of carbonyl (C=O) groups excluding carboxylic acids is 1. The van der Waals surface area contributed by atoms with Gasteiger partial charge in [-0.15, -0.1) is 0 Å². The Morgan fingerprint density at radius 3 is 2.52 bits per heavy atom. The third-order valence-corrected chi connectivity index (χ3v) is 4.37. The molecule has 0 saturated heterocycles. The van der Waals surface area contributed by atoms with Crippen LogP contribution in [0.2, 0.25) is 0 Å². The number of hydrogen-bond acceptors (Lipinski definition) is 4. The van der Waals surface area contributed by atoms with Crippen LogP contribution in [0.5, 0.6) is 5.75 Å². The quantitative estimate of drug-likeness (QED) is 0.595. The van der Waals surface area contributed by atoms with Crippen LogP contribution in [0.3, 0.4) is 0 Å². The number of aliphatic hydroxyl groups is 1. The lowest BCUT2D eigenvalue weighted by Gasteiger charge is -2.28. The summed E-state index contributed by atoms with van der Waals surface area (Å²) in [4.78, 5) is 12.2. The molecular formula is C17H20F5NO4. The zero-order valence-electron chi connectivity index (χ0n) is 14.4. The number of ether oxygens (including phenoxy) is 2. The van der Waals surface area contributed by atoms with E-state index in [4.69, 9.17) is 0 Å². The maximum absolute atomic E-state index is 14.1. The maximum Gasteiger partial charge on any atom is 0.387 e. The van der Waals surface area contributed by atoms with Gasteiger partial charge in [0.2, 0.25) is 5.91 Å². The molecule has 1 aromatic carbocycles. The van der Waals surface area contributed by atoms with Gasteiger partial charge < -0.3 is 19.9 Å². The monoisotopic (exact) mass is 397 g/mol. The molecule has 1 amide bonds. The van der Waals surface area contributed by atoms with E-state index in [0.29, 0.717) is 0 Å². The molecule has 0 spiro atoms. The van der Waals surface area contributed by atoms with Crippen molar-refractivity contribution in [2.24, 2.45) is 0 Å². The minimum atomic E-state index is -3.12. The van der Waals surface area contributed by atoms with Gasteiger partial charge >= 0.3 is 13.2 Å². The molecule has 2 N–H and O–H groups in total. The zero-order valence-corrected chi connectivity index (χ0v) is 14.4. The number of nitrogens with one attached hydrogen (secondary N) is 1. The lowest BCUT2D eigenvalue weighted by molar-refractivity contribution is -0.142. The van der Waals surface area contributed by atoms with E-state index in [9.17, 15) is 31.9 Å². The molecule has 0 aromatic heterocycles. The molecule has 0 aliphatic heterocycles. The first kappa shape index (κ1) is 21.4. The van der Waals surface area contributed by atoms with Gasteiger partial charge in [0.25, 0.3) is 0 Å². The van der Waals surface area contributed by atoms with E-state index in [1.807, 2.05) is 0 Å². The third kappa shape index (κ3) is 6.03. The van der Waals surface area contributed by atoms with Crippen LogP contribution in [0.1, 0.15) is 37.8 Å². The summed E-state index contributed by atoms with van der Waals surface area (Å²) in [7, 11) is 0. The minimum Gasteiger partial charge on any atom is -0.435 e. The summed E-state index contributed by atoms with van der Waals surface area (Å²) in [5.74, 6) is -1.03. The first-order valence-corrected chi connectivity index (χ1v) is 8.17. The van der Waals surface area contributed by atoms with Crippen molar-refractivity contribution in [2.75, 3.05) is 6.61 Å². The van der Waals surface area contributed by atoms with E-state index < -0.39 is 49.5 Å². The van der Waals surface area contributed by atoms with Gasteiger partial charge in [0.1, 0.15) is 17.0 Å². The third-order valence-electron chi connectivity index (χ3n) is 4.37. The van der Waals surface area contributed by atoms with Crippen molar-refractivity contribution >= 4 is 5.91 Å². The van der Waals surface area contributed by atoms with Crippen molar-refractivity contribution in [2.45, 2.75) is 56.7 Å². The van der Waals surface area contributed by atoms with E-state index in [1.54, 1.807) is 0 Å². The lowest BCUT2D eigenvalue weighted by atomic mass is 9.93. The van der Waals surface area contributed by atoms with Crippen molar-refractivity contribution < 1.29 is 41.3 Å². The summed E-state index contributed by atoms with van der Waals surface area (Å²) in [6, 6.07) is 3.96. The SMILES string of the molecule is CC(O)(CC(=O)NC(COC(F)F)c1cccc(OC(F)F)c1)C1(F)CC1. The topological polar surface area (TPSA) is 67.8 Å². The number of benzene rings is 1. The minimum absolute atomic E-state index is 0.123. The summed E-state index contributed by atoms with van der Waals surface area (Å²) >= 11 is 0. The maximum atomic E-state index is 14.1. The van der Waals surface area contributed by atoms with Crippen LogP contribution in [-0.4, -0.2) is 42.1 Å². The van der Waals surface area contributed by atoms with Gasteiger partial charge in [-0.05, 0) is 37.5 Å². The largest absolute Gasteiger partial charge is 0.435 e. The molecule has 27 heavy (non-hydrogen) atoms. The number of carbonyl (C=O) groups is 1. The summed E-state index contributed by atoms with van der Waals surface area (Å²) in [5, 5.41) is 12.5. The Balaban J connectivity index is 2.10. The van der Waals surface area contributed by atoms with Crippen LogP contribution < -0.4 is 10.1 Å². The predicted molar refractivity (Wildman–Crippen MR) is 84.2 cm³/mol. The van der Waals surface area contributed by atoms with Gasteiger partial charge in [-0.25, -0.2) is 4.39 Å². The average molecular weight is 397 g/mol. The highest BCUT2D eigenvalue weighted by Crippen LogP contribution is 2.50. The number of hydrogen-bond donors (Lipinski definition) is 2. The highest BCUT2D eigenvalue weighted by atomic mass is 19.3. The van der Waals surface area contributed by atoms with Gasteiger partial charge in [-0.1, -0.05) is 12.1 Å². The molecule has 5 nitrogen and oxygen atoms in total. The fraction of sp³-hybridized carbons (Fsp3) is 0.588. The number of alkyl halides is 5. The first-order chi connectivity index (χ1) is 12.5. The fourth-order valence-corrected chi connectivity index (χ4v) is 2.66. The van der Waals surface area contributed by atoms with Crippen molar-refractivity contribution in [3.63, 3.8) is 0 Å². The highest BCUT2D eigenvalue weighted by molar-refractivity contribution is 5.78. The van der Waals surface area contributed by atoms with Gasteiger partial charge in [0.15, 0.2) is 0 Å². The van der Waals surface area contributed by atoms with Crippen LogP contribution in [0.15, 0.2) is 24.3 Å². The Labute approximate surface area is 152 Å². The Hall–Kier alpha value is -1.94. The predicted octanol–water partition coefficient (Wildman–Crippen LogP) is 3.33. The normalized spacial score (nSPS) is 18.9. The van der Waals surface area contributed by atoms with E-state index in [-0.39, 0.29) is 24.2 Å². The Morgan fingerprint density at radius 2 is 1.96 bits per heavy atom. The number of amides is 1. The van der Waals surface area contributed by atoms with Gasteiger partial charge in [0.05, 0.1) is 19.1 Å². The van der Waals surface area contributed by atoms with Crippen LogP contribution in [-0.2, 0) is 9.53 Å². The van der Waals surface area contributed by atoms with Gasteiger partial charge in [-0.3, -0.25) is 4.79 Å². The Morgan fingerprint density at radius 1 is 1.30 bits per heavy atom. The fourth-order valence-electron chi connectivity index (χ4n) is 2.66.